The van der Waals surface area contributed by atoms with E-state index in [2.05, 4.69) is 20.9 Å². The van der Waals surface area contributed by atoms with Crippen LogP contribution in [-0.4, -0.2) is 92.0 Å². The monoisotopic (exact) mass is 601 g/mol. The summed E-state index contributed by atoms with van der Waals surface area (Å²) in [5.41, 5.74) is 9.62. The summed E-state index contributed by atoms with van der Waals surface area (Å²) in [6, 6.07) is 8.90. The maximum absolute atomic E-state index is 13.3. The van der Waals surface area contributed by atoms with Crippen molar-refractivity contribution in [2.45, 2.75) is 48.1 Å². The van der Waals surface area contributed by atoms with Gasteiger partial charge in [0.1, 0.15) is 18.1 Å². The number of hydrogen-bond donors (Lipinski definition) is 7. The van der Waals surface area contributed by atoms with Crippen LogP contribution in [0, 0.1) is 0 Å². The lowest BCUT2D eigenvalue weighted by Gasteiger charge is -2.44. The van der Waals surface area contributed by atoms with Crippen LogP contribution in [0.3, 0.4) is 0 Å². The van der Waals surface area contributed by atoms with Gasteiger partial charge >= 0.3 is 12.1 Å². The molecule has 0 aromatic heterocycles. The second kappa shape index (κ2) is 9.67. The summed E-state index contributed by atoms with van der Waals surface area (Å²) in [5, 5.41) is 31.3. The van der Waals surface area contributed by atoms with Gasteiger partial charge in [0.25, 0.3) is 5.91 Å². The van der Waals surface area contributed by atoms with E-state index in [9.17, 15) is 37.8 Å². The van der Waals surface area contributed by atoms with Gasteiger partial charge in [-0.25, -0.2) is 9.57 Å². The molecule has 43 heavy (non-hydrogen) atoms. The average Bonchev–Trinajstić information content (AvgIpc) is 3.54. The molecule has 0 aliphatic carbocycles. The Morgan fingerprint density at radius 3 is 2.56 bits per heavy atom. The van der Waals surface area contributed by atoms with Crippen LogP contribution in [0.1, 0.15) is 33.8 Å². The van der Waals surface area contributed by atoms with Crippen molar-refractivity contribution in [1.29, 1.82) is 0 Å². The van der Waals surface area contributed by atoms with E-state index in [-0.39, 0.29) is 37.0 Å². The number of alkyl halides is 3. The first-order valence-corrected chi connectivity index (χ1v) is 13.3. The van der Waals surface area contributed by atoms with E-state index in [1.165, 1.54) is 4.58 Å². The van der Waals surface area contributed by atoms with Crippen LogP contribution in [0.2, 0.25) is 0 Å². The van der Waals surface area contributed by atoms with E-state index in [0.29, 0.717) is 11.6 Å². The fourth-order valence-electron chi connectivity index (χ4n) is 6.40. The number of likely N-dealkylation sites (tertiary alicyclic amines) is 1. The first-order valence-electron chi connectivity index (χ1n) is 13.3. The van der Waals surface area contributed by atoms with Crippen molar-refractivity contribution in [2.75, 3.05) is 13.1 Å². The molecular weight excluding hydrogens is 573 g/mol. The van der Waals surface area contributed by atoms with Gasteiger partial charge in [-0.05, 0) is 23.8 Å². The first kappa shape index (κ1) is 28.4. The van der Waals surface area contributed by atoms with Gasteiger partial charge in [-0.1, -0.05) is 36.4 Å². The zero-order valence-electron chi connectivity index (χ0n) is 22.4. The number of rotatable bonds is 5. The maximum atomic E-state index is 13.3. The summed E-state index contributed by atoms with van der Waals surface area (Å²) in [4.78, 5) is 44.7. The van der Waals surface area contributed by atoms with Crippen molar-refractivity contribution in [3.05, 3.63) is 71.3 Å². The van der Waals surface area contributed by atoms with Gasteiger partial charge in [0.05, 0.1) is 24.6 Å². The second-order valence-corrected chi connectivity index (χ2v) is 10.9. The van der Waals surface area contributed by atoms with E-state index in [0.717, 1.165) is 23.1 Å². The van der Waals surface area contributed by atoms with Gasteiger partial charge in [-0.15, -0.1) is 0 Å². The van der Waals surface area contributed by atoms with Gasteiger partial charge < -0.3 is 26.6 Å². The second-order valence-electron chi connectivity index (χ2n) is 10.9. The van der Waals surface area contributed by atoms with Crippen molar-refractivity contribution in [1.82, 2.24) is 20.9 Å². The third-order valence-electron chi connectivity index (χ3n) is 8.45. The Bertz CT molecular complexity index is 1580. The molecule has 4 aliphatic rings. The minimum Gasteiger partial charge on any atom is -0.370 e. The summed E-state index contributed by atoms with van der Waals surface area (Å²) in [5.74, 6) is -5.70. The highest BCUT2D eigenvalue weighted by Gasteiger charge is 2.75. The predicted molar refractivity (Wildman–Crippen MR) is 143 cm³/mol. The Kier molecular flexibility index (Phi) is 6.39. The lowest BCUT2D eigenvalue weighted by atomic mass is 9.85. The molecule has 0 radical (unpaired) electrons. The molecule has 2 aromatic carbocycles. The number of carbonyl (C=O) groups is 3. The third kappa shape index (κ3) is 4.36. The maximum Gasteiger partial charge on any atom is 0.416 e. The van der Waals surface area contributed by atoms with Crippen LogP contribution in [-0.2, 0) is 15.8 Å². The topological polar surface area (TPSA) is 198 Å². The zero-order chi connectivity index (χ0) is 30.9. The van der Waals surface area contributed by atoms with Gasteiger partial charge in [0.2, 0.25) is 23.3 Å². The number of halogens is 3. The minimum absolute atomic E-state index is 0.0477. The minimum atomic E-state index is -4.69. The molecular formula is C27H28F3N8O5+. The summed E-state index contributed by atoms with van der Waals surface area (Å²) in [6.07, 6.45) is -4.74. The van der Waals surface area contributed by atoms with Gasteiger partial charge in [-0.3, -0.25) is 30.3 Å². The number of aliphatic imine (C=N–C) groups is 1. The fraction of sp³-hybridized carbons (Fsp3) is 0.370. The SMILES string of the molecule is NC1=N[C@H]2[C@H](CN3C(=O)CC(c4ccccc4)C3=O)NC(N)=[N+]3CC(NC(=O)c4cccc(C(F)(F)F)c4)C(O)(O)[C@]23N1. The molecule has 0 bridgehead atoms. The largest absolute Gasteiger partial charge is 0.416 e. The molecule has 5 atom stereocenters. The predicted octanol–water partition coefficient (Wildman–Crippen LogP) is -1.68. The average molecular weight is 602 g/mol. The van der Waals surface area contributed by atoms with Gasteiger partial charge in [-0.2, -0.15) is 13.2 Å². The number of aliphatic hydroxyl groups is 2. The van der Waals surface area contributed by atoms with Crippen LogP contribution in [0.25, 0.3) is 0 Å². The summed E-state index contributed by atoms with van der Waals surface area (Å²) in [6.45, 7) is -0.551. The Labute approximate surface area is 242 Å². The van der Waals surface area contributed by atoms with Crippen LogP contribution >= 0.6 is 0 Å². The standard InChI is InChI=1S/C27H27F3N8O5/c28-27(29,30)15-8-4-7-14(9-15)21(40)34-18-12-38-24(32)33-17(20-25(38,26(18,42)43)36-23(31)35-20)11-37-19(39)10-16(22(37)41)13-5-2-1-3-6-13/h1-9,16-18,20,42-43H,10-12H2,(H6,31,32,33,34,35,36,40)/p+1/t16?,17-,18?,20-,25-/m0/s1. The van der Waals surface area contributed by atoms with E-state index in [1.54, 1.807) is 30.3 Å². The molecule has 3 amide bonds. The number of nitrogens with one attached hydrogen (secondary N) is 3. The molecule has 226 valence electrons. The van der Waals surface area contributed by atoms with Crippen molar-refractivity contribution >= 4 is 29.6 Å². The normalized spacial score (nSPS) is 29.5. The molecule has 13 nitrogen and oxygen atoms in total. The molecule has 16 heteroatoms. The first-order chi connectivity index (χ1) is 20.2. The quantitative estimate of drug-likeness (QED) is 0.119. The summed E-state index contributed by atoms with van der Waals surface area (Å²) in [7, 11) is 0. The lowest BCUT2D eigenvalue weighted by molar-refractivity contribution is -0.623. The number of nitrogens with two attached hydrogens (primary N) is 2. The number of benzene rings is 2. The highest BCUT2D eigenvalue weighted by molar-refractivity contribution is 6.06. The van der Waals surface area contributed by atoms with Crippen LogP contribution in [0.5, 0.6) is 0 Å². The van der Waals surface area contributed by atoms with E-state index in [4.69, 9.17) is 11.5 Å². The Hall–Kier alpha value is -4.70. The Balaban J connectivity index is 1.27. The number of nitrogens with zero attached hydrogens (tertiary/aromatic N) is 3. The molecule has 9 N–H and O–H groups in total. The number of hydrogen-bond acceptors (Lipinski definition) is 10. The fourth-order valence-corrected chi connectivity index (χ4v) is 6.40. The Morgan fingerprint density at radius 1 is 1.14 bits per heavy atom. The molecule has 6 rings (SSSR count). The van der Waals surface area contributed by atoms with E-state index < -0.39 is 65.0 Å². The van der Waals surface area contributed by atoms with Crippen LogP contribution < -0.4 is 27.4 Å². The van der Waals surface area contributed by atoms with Crippen molar-refractivity contribution in [3.63, 3.8) is 0 Å². The molecule has 2 aromatic rings. The molecule has 0 saturated carbocycles. The third-order valence-corrected chi connectivity index (χ3v) is 8.45. The van der Waals surface area contributed by atoms with Gasteiger partial charge in [0, 0.05) is 12.0 Å². The molecule has 1 spiro atoms. The van der Waals surface area contributed by atoms with Crippen LogP contribution in [0.15, 0.2) is 59.6 Å². The number of carbonyl (C=O) groups excluding carboxylic acids is 3. The van der Waals surface area contributed by atoms with Crippen LogP contribution in [0.4, 0.5) is 13.2 Å². The molecule has 2 unspecified atom stereocenters. The molecule has 2 fully saturated rings. The summed E-state index contributed by atoms with van der Waals surface area (Å²) >= 11 is 0. The number of guanidine groups is 2. The lowest BCUT2D eigenvalue weighted by Crippen LogP contribution is -2.79. The van der Waals surface area contributed by atoms with Crippen molar-refractivity contribution in [2.24, 2.45) is 16.5 Å². The van der Waals surface area contributed by atoms with Crippen molar-refractivity contribution < 1.29 is 42.3 Å². The highest BCUT2D eigenvalue weighted by atomic mass is 19.4. The van der Waals surface area contributed by atoms with E-state index >= 15 is 0 Å². The summed E-state index contributed by atoms with van der Waals surface area (Å²) < 4.78 is 40.9. The molecule has 4 aliphatic heterocycles. The number of imide groups is 1. The van der Waals surface area contributed by atoms with Crippen molar-refractivity contribution in [3.8, 4) is 0 Å². The smallest absolute Gasteiger partial charge is 0.370 e. The zero-order valence-corrected chi connectivity index (χ0v) is 22.4. The Morgan fingerprint density at radius 2 is 1.86 bits per heavy atom. The highest BCUT2D eigenvalue weighted by Crippen LogP contribution is 2.42. The van der Waals surface area contributed by atoms with Gasteiger partial charge in [0.15, 0.2) is 5.96 Å². The number of amides is 3. The molecule has 2 saturated heterocycles. The molecule has 4 heterocycles. The van der Waals surface area contributed by atoms with E-state index in [1.807, 2.05) is 0 Å².